The molecule has 1 saturated carbocycles. The van der Waals surface area contributed by atoms with Gasteiger partial charge >= 0.3 is 0 Å². The van der Waals surface area contributed by atoms with Crippen LogP contribution >= 0.6 is 11.8 Å². The van der Waals surface area contributed by atoms with Crippen LogP contribution in [-0.4, -0.2) is 32.5 Å². The number of rotatable bonds is 6. The van der Waals surface area contributed by atoms with Gasteiger partial charge in [-0.1, -0.05) is 61.9 Å². The van der Waals surface area contributed by atoms with Gasteiger partial charge in [-0.05, 0) is 24.3 Å². The molecule has 0 saturated heterocycles. The molecule has 1 amide bonds. The molecule has 134 valence electrons. The van der Waals surface area contributed by atoms with Crippen molar-refractivity contribution in [2.45, 2.75) is 50.2 Å². The van der Waals surface area contributed by atoms with E-state index in [2.05, 4.69) is 34.6 Å². The summed E-state index contributed by atoms with van der Waals surface area (Å²) in [5, 5.41) is 12.5. The monoisotopic (exact) mass is 358 g/mol. The Hall–Kier alpha value is -1.82. The summed E-state index contributed by atoms with van der Waals surface area (Å²) in [5.41, 5.74) is 1.21. The first-order valence-corrected chi connectivity index (χ1v) is 9.96. The summed E-state index contributed by atoms with van der Waals surface area (Å²) in [5.74, 6) is 1.97. The van der Waals surface area contributed by atoms with Crippen LogP contribution in [0.5, 0.6) is 0 Å². The van der Waals surface area contributed by atoms with E-state index in [9.17, 15) is 4.79 Å². The number of thioether (sulfide) groups is 1. The van der Waals surface area contributed by atoms with Crippen molar-refractivity contribution in [2.75, 3.05) is 5.75 Å². The zero-order valence-corrected chi connectivity index (χ0v) is 15.8. The fraction of sp³-hybridized carbons (Fsp3) is 0.526. The molecule has 3 rings (SSSR count). The number of aromatic nitrogens is 3. The Morgan fingerprint density at radius 2 is 2.00 bits per heavy atom. The molecule has 0 radical (unpaired) electrons. The number of carbonyl (C=O) groups excluding carboxylic acids is 1. The van der Waals surface area contributed by atoms with Gasteiger partial charge in [0, 0.05) is 19.5 Å². The highest BCUT2D eigenvalue weighted by Crippen LogP contribution is 2.24. The van der Waals surface area contributed by atoms with E-state index in [0.29, 0.717) is 17.7 Å². The molecule has 0 aliphatic heterocycles. The van der Waals surface area contributed by atoms with Crippen molar-refractivity contribution in [3.63, 3.8) is 0 Å². The zero-order valence-electron chi connectivity index (χ0n) is 14.9. The van der Waals surface area contributed by atoms with Crippen molar-refractivity contribution >= 4 is 17.7 Å². The second-order valence-electron chi connectivity index (χ2n) is 6.84. The number of nitrogens with one attached hydrogen (secondary N) is 1. The van der Waals surface area contributed by atoms with Crippen LogP contribution in [0.25, 0.3) is 0 Å². The summed E-state index contributed by atoms with van der Waals surface area (Å²) < 4.78 is 1.98. The van der Waals surface area contributed by atoms with Gasteiger partial charge in [-0.3, -0.25) is 4.79 Å². The van der Waals surface area contributed by atoms with Gasteiger partial charge in [-0.2, -0.15) is 0 Å². The van der Waals surface area contributed by atoms with E-state index in [1.807, 2.05) is 29.8 Å². The molecule has 5 nitrogen and oxygen atoms in total. The van der Waals surface area contributed by atoms with Crippen LogP contribution in [0.1, 0.15) is 44.0 Å². The Bertz CT molecular complexity index is 701. The second-order valence-corrected chi connectivity index (χ2v) is 7.79. The van der Waals surface area contributed by atoms with Crippen LogP contribution in [0.3, 0.4) is 0 Å². The van der Waals surface area contributed by atoms with Gasteiger partial charge in [0.25, 0.3) is 0 Å². The molecule has 1 aliphatic rings. The summed E-state index contributed by atoms with van der Waals surface area (Å²) in [6.07, 6.45) is 5.56. The van der Waals surface area contributed by atoms with E-state index >= 15 is 0 Å². The summed E-state index contributed by atoms with van der Waals surface area (Å²) >= 11 is 1.45. The average Bonchev–Trinajstić information content (AvgIpc) is 2.96. The van der Waals surface area contributed by atoms with Gasteiger partial charge in [0.1, 0.15) is 5.82 Å². The quantitative estimate of drug-likeness (QED) is 0.806. The maximum absolute atomic E-state index is 12.2. The number of nitrogens with zero attached hydrogens (tertiary/aromatic N) is 3. The van der Waals surface area contributed by atoms with E-state index in [4.69, 9.17) is 0 Å². The summed E-state index contributed by atoms with van der Waals surface area (Å²) in [6, 6.07) is 10.6. The third-order valence-electron chi connectivity index (χ3n) is 4.92. The van der Waals surface area contributed by atoms with Gasteiger partial charge in [0.2, 0.25) is 5.91 Å². The SMILES string of the molecule is C[C@@H]1CCCC[C@@H]1NC(=O)CSc1nnc(Cc2ccccc2)n1C. The maximum Gasteiger partial charge on any atom is 0.230 e. The molecule has 25 heavy (non-hydrogen) atoms. The third-order valence-corrected chi connectivity index (χ3v) is 5.94. The number of carbonyl (C=O) groups is 1. The largest absolute Gasteiger partial charge is 0.352 e. The lowest BCUT2D eigenvalue weighted by Gasteiger charge is -2.29. The Morgan fingerprint density at radius 1 is 1.24 bits per heavy atom. The molecular weight excluding hydrogens is 332 g/mol. The minimum absolute atomic E-state index is 0.0939. The van der Waals surface area contributed by atoms with Crippen LogP contribution in [0.4, 0.5) is 0 Å². The van der Waals surface area contributed by atoms with Crippen LogP contribution in [0, 0.1) is 5.92 Å². The Morgan fingerprint density at radius 3 is 2.76 bits per heavy atom. The predicted molar refractivity (Wildman–Crippen MR) is 101 cm³/mol. The van der Waals surface area contributed by atoms with Gasteiger partial charge in [-0.15, -0.1) is 10.2 Å². The lowest BCUT2D eigenvalue weighted by Crippen LogP contribution is -2.41. The number of amides is 1. The Labute approximate surface area is 153 Å². The first-order valence-electron chi connectivity index (χ1n) is 8.98. The molecule has 1 aromatic heterocycles. The first kappa shape index (κ1) is 18.0. The highest BCUT2D eigenvalue weighted by molar-refractivity contribution is 7.99. The van der Waals surface area contributed by atoms with E-state index in [-0.39, 0.29) is 5.91 Å². The molecule has 0 unspecified atom stereocenters. The van der Waals surface area contributed by atoms with Crippen LogP contribution in [0.2, 0.25) is 0 Å². The second kappa shape index (κ2) is 8.52. The molecule has 0 bridgehead atoms. The van der Waals surface area contributed by atoms with Crippen molar-refractivity contribution in [3.8, 4) is 0 Å². The number of hydrogen-bond acceptors (Lipinski definition) is 4. The maximum atomic E-state index is 12.2. The van der Waals surface area contributed by atoms with E-state index in [1.165, 1.54) is 36.6 Å². The van der Waals surface area contributed by atoms with Crippen molar-refractivity contribution in [1.82, 2.24) is 20.1 Å². The number of hydrogen-bond donors (Lipinski definition) is 1. The predicted octanol–water partition coefficient (Wildman–Crippen LogP) is 3.19. The smallest absolute Gasteiger partial charge is 0.230 e. The first-order chi connectivity index (χ1) is 12.1. The van der Waals surface area contributed by atoms with Crippen molar-refractivity contribution < 1.29 is 4.79 Å². The summed E-state index contributed by atoms with van der Waals surface area (Å²) in [6.45, 7) is 2.23. The third kappa shape index (κ3) is 4.84. The molecule has 1 fully saturated rings. The fourth-order valence-corrected chi connectivity index (χ4v) is 4.05. The van der Waals surface area contributed by atoms with Crippen molar-refractivity contribution in [2.24, 2.45) is 13.0 Å². The van der Waals surface area contributed by atoms with Crippen molar-refractivity contribution in [3.05, 3.63) is 41.7 Å². The molecule has 2 atom stereocenters. The fourth-order valence-electron chi connectivity index (χ4n) is 3.31. The minimum Gasteiger partial charge on any atom is -0.352 e. The highest BCUT2D eigenvalue weighted by Gasteiger charge is 2.23. The lowest BCUT2D eigenvalue weighted by molar-refractivity contribution is -0.119. The van der Waals surface area contributed by atoms with E-state index in [1.54, 1.807) is 0 Å². The van der Waals surface area contributed by atoms with Crippen LogP contribution < -0.4 is 5.32 Å². The van der Waals surface area contributed by atoms with Crippen LogP contribution in [-0.2, 0) is 18.3 Å². The summed E-state index contributed by atoms with van der Waals surface area (Å²) in [4.78, 5) is 12.2. The molecule has 1 heterocycles. The highest BCUT2D eigenvalue weighted by atomic mass is 32.2. The topological polar surface area (TPSA) is 59.8 Å². The van der Waals surface area contributed by atoms with E-state index in [0.717, 1.165) is 23.8 Å². The van der Waals surface area contributed by atoms with Gasteiger partial charge in [-0.25, -0.2) is 0 Å². The Balaban J connectivity index is 1.52. The molecule has 6 heteroatoms. The molecule has 1 aliphatic carbocycles. The van der Waals surface area contributed by atoms with Gasteiger partial charge in [0.05, 0.1) is 5.75 Å². The zero-order chi connectivity index (χ0) is 17.6. The molecule has 1 aromatic carbocycles. The average molecular weight is 359 g/mol. The van der Waals surface area contributed by atoms with Crippen molar-refractivity contribution in [1.29, 1.82) is 0 Å². The number of benzene rings is 1. The van der Waals surface area contributed by atoms with Crippen LogP contribution in [0.15, 0.2) is 35.5 Å². The molecular formula is C19H26N4OS. The normalized spacial score (nSPS) is 20.4. The Kier molecular flexibility index (Phi) is 6.13. The minimum atomic E-state index is 0.0939. The van der Waals surface area contributed by atoms with E-state index < -0.39 is 0 Å². The summed E-state index contributed by atoms with van der Waals surface area (Å²) in [7, 11) is 1.96. The molecule has 2 aromatic rings. The van der Waals surface area contributed by atoms with Gasteiger partial charge in [0.15, 0.2) is 5.16 Å². The lowest BCUT2D eigenvalue weighted by atomic mass is 9.86. The molecule has 1 N–H and O–H groups in total. The molecule has 0 spiro atoms. The van der Waals surface area contributed by atoms with Gasteiger partial charge < -0.3 is 9.88 Å². The standard InChI is InChI=1S/C19H26N4OS/c1-14-8-6-7-11-16(14)20-18(24)13-25-19-22-21-17(23(19)2)12-15-9-4-3-5-10-15/h3-5,9-10,14,16H,6-8,11-13H2,1-2H3,(H,20,24)/t14-,16+/m1/s1.